The highest BCUT2D eigenvalue weighted by Gasteiger charge is 2.29. The monoisotopic (exact) mass is 173 g/mol. The molecule has 1 rings (SSSR count). The highest BCUT2D eigenvalue weighted by Crippen LogP contribution is 2.11. The molecule has 0 radical (unpaired) electrons. The van der Waals surface area contributed by atoms with Gasteiger partial charge in [0, 0.05) is 12.6 Å². The molecule has 1 saturated heterocycles. The molecule has 2 atom stereocenters. The van der Waals surface area contributed by atoms with Crippen LogP contribution in [0.25, 0.3) is 0 Å². The van der Waals surface area contributed by atoms with E-state index in [1.807, 2.05) is 14.0 Å². The standard InChI is InChI=1S/C8H15NO3/c1-3-11-7-5-12-8(10)4-6(7)9-2/h6-7,9H,3-5H2,1-2H3. The molecule has 1 fully saturated rings. The number of carbonyl (C=O) groups is 1. The molecule has 0 saturated carbocycles. The Bertz CT molecular complexity index is 160. The first kappa shape index (κ1) is 9.48. The van der Waals surface area contributed by atoms with Crippen LogP contribution < -0.4 is 5.32 Å². The third-order valence-corrected chi connectivity index (χ3v) is 2.00. The van der Waals surface area contributed by atoms with Gasteiger partial charge in [0.05, 0.1) is 6.42 Å². The SMILES string of the molecule is CCOC1COC(=O)CC1NC. The summed E-state index contributed by atoms with van der Waals surface area (Å²) in [5, 5.41) is 3.04. The van der Waals surface area contributed by atoms with Crippen LogP contribution >= 0.6 is 0 Å². The summed E-state index contributed by atoms with van der Waals surface area (Å²) in [6, 6.07) is 0.103. The van der Waals surface area contributed by atoms with E-state index in [0.717, 1.165) is 0 Å². The van der Waals surface area contributed by atoms with Gasteiger partial charge >= 0.3 is 5.97 Å². The summed E-state index contributed by atoms with van der Waals surface area (Å²) in [6.07, 6.45) is 0.416. The largest absolute Gasteiger partial charge is 0.463 e. The Kier molecular flexibility index (Phi) is 3.49. The number of rotatable bonds is 3. The van der Waals surface area contributed by atoms with Crippen molar-refractivity contribution in [3.05, 3.63) is 0 Å². The minimum absolute atomic E-state index is 0.0118. The zero-order valence-electron chi connectivity index (χ0n) is 7.50. The fourth-order valence-corrected chi connectivity index (χ4v) is 1.33. The van der Waals surface area contributed by atoms with Gasteiger partial charge in [-0.3, -0.25) is 4.79 Å². The summed E-state index contributed by atoms with van der Waals surface area (Å²) in [7, 11) is 1.83. The first-order valence-electron chi connectivity index (χ1n) is 4.22. The summed E-state index contributed by atoms with van der Waals surface area (Å²) >= 11 is 0. The summed E-state index contributed by atoms with van der Waals surface area (Å²) in [5.41, 5.74) is 0. The first-order chi connectivity index (χ1) is 5.77. The zero-order valence-corrected chi connectivity index (χ0v) is 7.50. The maximum absolute atomic E-state index is 10.9. The smallest absolute Gasteiger partial charge is 0.307 e. The second kappa shape index (κ2) is 4.42. The summed E-state index contributed by atoms with van der Waals surface area (Å²) in [4.78, 5) is 10.9. The molecule has 4 heteroatoms. The molecule has 0 aromatic rings. The van der Waals surface area contributed by atoms with Gasteiger partial charge in [0.15, 0.2) is 0 Å². The van der Waals surface area contributed by atoms with Crippen molar-refractivity contribution < 1.29 is 14.3 Å². The Morgan fingerprint density at radius 1 is 1.75 bits per heavy atom. The zero-order chi connectivity index (χ0) is 8.97. The van der Waals surface area contributed by atoms with Gasteiger partial charge in [0.25, 0.3) is 0 Å². The summed E-state index contributed by atoms with van der Waals surface area (Å²) in [6.45, 7) is 2.96. The molecule has 0 spiro atoms. The maximum atomic E-state index is 10.9. The molecule has 2 unspecified atom stereocenters. The highest BCUT2D eigenvalue weighted by molar-refractivity contribution is 5.71. The van der Waals surface area contributed by atoms with Crippen LogP contribution in [0, 0.1) is 0 Å². The molecule has 0 amide bonds. The molecule has 1 aliphatic rings. The van der Waals surface area contributed by atoms with Crippen LogP contribution in [0.2, 0.25) is 0 Å². The van der Waals surface area contributed by atoms with Gasteiger partial charge in [-0.05, 0) is 14.0 Å². The van der Waals surface area contributed by atoms with Gasteiger partial charge in [-0.1, -0.05) is 0 Å². The van der Waals surface area contributed by atoms with Crippen LogP contribution in [-0.4, -0.2) is 38.4 Å². The topological polar surface area (TPSA) is 47.6 Å². The lowest BCUT2D eigenvalue weighted by Crippen LogP contribution is -2.48. The molecule has 1 N–H and O–H groups in total. The highest BCUT2D eigenvalue weighted by atomic mass is 16.6. The Morgan fingerprint density at radius 3 is 3.08 bits per heavy atom. The van der Waals surface area contributed by atoms with Crippen LogP contribution in [0.1, 0.15) is 13.3 Å². The van der Waals surface area contributed by atoms with E-state index in [1.165, 1.54) is 0 Å². The third-order valence-electron chi connectivity index (χ3n) is 2.00. The van der Waals surface area contributed by atoms with Crippen LogP contribution in [-0.2, 0) is 14.3 Å². The molecule has 1 heterocycles. The average molecular weight is 173 g/mol. The second-order valence-electron chi connectivity index (χ2n) is 2.78. The van der Waals surface area contributed by atoms with Gasteiger partial charge < -0.3 is 14.8 Å². The lowest BCUT2D eigenvalue weighted by Gasteiger charge is -2.29. The number of esters is 1. The summed E-state index contributed by atoms with van der Waals surface area (Å²) < 4.78 is 10.3. The van der Waals surface area contributed by atoms with E-state index in [-0.39, 0.29) is 18.1 Å². The molecule has 0 aromatic carbocycles. The molecule has 12 heavy (non-hydrogen) atoms. The quantitative estimate of drug-likeness (QED) is 0.607. The molecule has 1 aliphatic heterocycles. The Hall–Kier alpha value is -0.610. The molecule has 0 bridgehead atoms. The fraction of sp³-hybridized carbons (Fsp3) is 0.875. The second-order valence-corrected chi connectivity index (χ2v) is 2.78. The van der Waals surface area contributed by atoms with E-state index < -0.39 is 0 Å². The number of hydrogen-bond acceptors (Lipinski definition) is 4. The molecule has 0 aliphatic carbocycles. The van der Waals surface area contributed by atoms with Crippen molar-refractivity contribution in [3.8, 4) is 0 Å². The maximum Gasteiger partial charge on any atom is 0.307 e. The van der Waals surface area contributed by atoms with E-state index in [1.54, 1.807) is 0 Å². The Balaban J connectivity index is 2.44. The third kappa shape index (κ3) is 2.19. The van der Waals surface area contributed by atoms with E-state index >= 15 is 0 Å². The lowest BCUT2D eigenvalue weighted by molar-refractivity contribution is -0.157. The number of hydrogen-bond donors (Lipinski definition) is 1. The Labute approximate surface area is 72.2 Å². The predicted molar refractivity (Wildman–Crippen MR) is 43.8 cm³/mol. The minimum atomic E-state index is -0.148. The van der Waals surface area contributed by atoms with Gasteiger partial charge in [0.1, 0.15) is 12.7 Å². The van der Waals surface area contributed by atoms with Crippen LogP contribution in [0.3, 0.4) is 0 Å². The lowest BCUT2D eigenvalue weighted by atomic mass is 10.1. The minimum Gasteiger partial charge on any atom is -0.463 e. The van der Waals surface area contributed by atoms with Crippen molar-refractivity contribution in [1.29, 1.82) is 0 Å². The predicted octanol–water partition coefficient (Wildman–Crippen LogP) is -0.0736. The molecule has 4 nitrogen and oxygen atoms in total. The van der Waals surface area contributed by atoms with Crippen molar-refractivity contribution in [2.45, 2.75) is 25.5 Å². The van der Waals surface area contributed by atoms with Crippen molar-refractivity contribution in [3.63, 3.8) is 0 Å². The van der Waals surface area contributed by atoms with Gasteiger partial charge in [0.2, 0.25) is 0 Å². The van der Waals surface area contributed by atoms with Crippen molar-refractivity contribution in [1.82, 2.24) is 5.32 Å². The molecular formula is C8H15NO3. The van der Waals surface area contributed by atoms with Crippen LogP contribution in [0.15, 0.2) is 0 Å². The van der Waals surface area contributed by atoms with Gasteiger partial charge in [-0.2, -0.15) is 0 Å². The Morgan fingerprint density at radius 2 is 2.50 bits per heavy atom. The molecule has 0 aromatic heterocycles. The van der Waals surface area contributed by atoms with E-state index in [2.05, 4.69) is 5.32 Å². The van der Waals surface area contributed by atoms with Crippen molar-refractivity contribution in [2.75, 3.05) is 20.3 Å². The number of likely N-dealkylation sites (N-methyl/N-ethyl adjacent to an activating group) is 1. The molecule has 70 valence electrons. The summed E-state index contributed by atoms with van der Waals surface area (Å²) in [5.74, 6) is -0.148. The van der Waals surface area contributed by atoms with E-state index in [9.17, 15) is 4.79 Å². The van der Waals surface area contributed by atoms with Crippen LogP contribution in [0.4, 0.5) is 0 Å². The number of nitrogens with one attached hydrogen (secondary N) is 1. The molecular weight excluding hydrogens is 158 g/mol. The average Bonchev–Trinajstić information content (AvgIpc) is 2.08. The van der Waals surface area contributed by atoms with Crippen molar-refractivity contribution >= 4 is 5.97 Å². The number of carbonyl (C=O) groups excluding carboxylic acids is 1. The number of cyclic esters (lactones) is 1. The van der Waals surface area contributed by atoms with Crippen molar-refractivity contribution in [2.24, 2.45) is 0 Å². The van der Waals surface area contributed by atoms with E-state index in [4.69, 9.17) is 9.47 Å². The van der Waals surface area contributed by atoms with Gasteiger partial charge in [-0.15, -0.1) is 0 Å². The van der Waals surface area contributed by atoms with E-state index in [0.29, 0.717) is 19.6 Å². The van der Waals surface area contributed by atoms with Crippen LogP contribution in [0.5, 0.6) is 0 Å². The van der Waals surface area contributed by atoms with Gasteiger partial charge in [-0.25, -0.2) is 0 Å². The number of ether oxygens (including phenoxy) is 2. The normalized spacial score (nSPS) is 30.0. The fourth-order valence-electron chi connectivity index (χ4n) is 1.33. The first-order valence-corrected chi connectivity index (χ1v) is 4.22.